The van der Waals surface area contributed by atoms with Crippen molar-refractivity contribution in [3.05, 3.63) is 24.3 Å². The Kier molecular flexibility index (Phi) is 2.65. The molecule has 0 aliphatic carbocycles. The molecule has 0 bridgehead atoms. The van der Waals surface area contributed by atoms with Gasteiger partial charge in [0.15, 0.2) is 0 Å². The lowest BCUT2D eigenvalue weighted by molar-refractivity contribution is -0.135. The number of esters is 1. The molecule has 2 atom stereocenters. The van der Waals surface area contributed by atoms with Gasteiger partial charge in [0.05, 0.1) is 13.2 Å². The minimum Gasteiger partial charge on any atom is -0.466 e. The van der Waals surface area contributed by atoms with Crippen LogP contribution in [0.15, 0.2) is 24.3 Å². The van der Waals surface area contributed by atoms with Crippen LogP contribution in [-0.4, -0.2) is 25.3 Å². The van der Waals surface area contributed by atoms with Crippen LogP contribution in [0.4, 0.5) is 0 Å². The highest BCUT2D eigenvalue weighted by Gasteiger charge is 2.31. The first kappa shape index (κ1) is 9.00. The van der Waals surface area contributed by atoms with Crippen molar-refractivity contribution in [1.29, 1.82) is 0 Å². The molecular weight excluding hydrogens is 156 g/mol. The van der Waals surface area contributed by atoms with Gasteiger partial charge >= 0.3 is 5.97 Å². The molecule has 1 heterocycles. The molecule has 1 aliphatic heterocycles. The fourth-order valence-corrected chi connectivity index (χ4v) is 1.12. The lowest BCUT2D eigenvalue weighted by Crippen LogP contribution is -2.37. The van der Waals surface area contributed by atoms with Crippen LogP contribution in [0.25, 0.3) is 0 Å². The van der Waals surface area contributed by atoms with Crippen molar-refractivity contribution >= 4 is 5.97 Å². The van der Waals surface area contributed by atoms with E-state index >= 15 is 0 Å². The molecule has 1 saturated heterocycles. The topological polar surface area (TPSA) is 35.5 Å². The zero-order valence-electron chi connectivity index (χ0n) is 7.24. The summed E-state index contributed by atoms with van der Waals surface area (Å²) in [5, 5.41) is 0. The summed E-state index contributed by atoms with van der Waals surface area (Å²) in [5.41, 5.74) is 0.928. The predicted molar refractivity (Wildman–Crippen MR) is 44.6 cm³/mol. The molecule has 0 amide bonds. The van der Waals surface area contributed by atoms with Gasteiger partial charge in [-0.15, -0.1) is 6.58 Å². The summed E-state index contributed by atoms with van der Waals surface area (Å²) in [7, 11) is 1.35. The molecule has 0 saturated carbocycles. The van der Waals surface area contributed by atoms with Gasteiger partial charge in [0.2, 0.25) is 0 Å². The van der Waals surface area contributed by atoms with Crippen LogP contribution in [0.3, 0.4) is 0 Å². The van der Waals surface area contributed by atoms with E-state index in [4.69, 9.17) is 4.74 Å². The van der Waals surface area contributed by atoms with Crippen LogP contribution in [-0.2, 0) is 14.3 Å². The van der Waals surface area contributed by atoms with Gasteiger partial charge in [-0.25, -0.2) is 4.79 Å². The molecule has 0 spiro atoms. The van der Waals surface area contributed by atoms with E-state index in [9.17, 15) is 4.79 Å². The number of rotatable bonds is 2. The normalized spacial score (nSPS) is 31.0. The molecule has 3 heteroatoms. The van der Waals surface area contributed by atoms with E-state index in [1.165, 1.54) is 13.2 Å². The second kappa shape index (κ2) is 3.54. The zero-order chi connectivity index (χ0) is 9.14. The van der Waals surface area contributed by atoms with Crippen molar-refractivity contribution in [2.45, 2.75) is 19.1 Å². The number of carbonyl (C=O) groups is 1. The average molecular weight is 168 g/mol. The standard InChI is InChI=1S/C9H12O3/c1-4-8-7(6(2)12-8)5-9(10)11-3/h4-6,8H,1H2,2-3H3/b7-5-/t6-,8-/m1/s1. The van der Waals surface area contributed by atoms with Gasteiger partial charge in [0.25, 0.3) is 0 Å². The first-order valence-electron chi connectivity index (χ1n) is 3.76. The maximum atomic E-state index is 10.8. The minimum atomic E-state index is -0.341. The van der Waals surface area contributed by atoms with Crippen molar-refractivity contribution in [3.8, 4) is 0 Å². The lowest BCUT2D eigenvalue weighted by Gasteiger charge is -2.34. The van der Waals surface area contributed by atoms with Crippen molar-refractivity contribution in [3.63, 3.8) is 0 Å². The van der Waals surface area contributed by atoms with Crippen LogP contribution >= 0.6 is 0 Å². The van der Waals surface area contributed by atoms with E-state index in [-0.39, 0.29) is 18.2 Å². The molecule has 1 aliphatic rings. The molecular formula is C9H12O3. The summed E-state index contributed by atoms with van der Waals surface area (Å²) in [4.78, 5) is 10.8. The van der Waals surface area contributed by atoms with Crippen LogP contribution in [0.1, 0.15) is 6.92 Å². The Balaban J connectivity index is 2.65. The fourth-order valence-electron chi connectivity index (χ4n) is 1.12. The first-order valence-corrected chi connectivity index (χ1v) is 3.76. The Hall–Kier alpha value is -1.09. The largest absolute Gasteiger partial charge is 0.466 e. The van der Waals surface area contributed by atoms with E-state index < -0.39 is 0 Å². The highest BCUT2D eigenvalue weighted by Crippen LogP contribution is 2.27. The molecule has 1 rings (SSSR count). The van der Waals surface area contributed by atoms with Crippen LogP contribution < -0.4 is 0 Å². The SMILES string of the molecule is C=C[C@H]1O[C@H](C)/C1=C/C(=O)OC. The van der Waals surface area contributed by atoms with Crippen molar-refractivity contribution in [2.24, 2.45) is 0 Å². The van der Waals surface area contributed by atoms with Crippen molar-refractivity contribution in [2.75, 3.05) is 7.11 Å². The molecule has 0 radical (unpaired) electrons. The van der Waals surface area contributed by atoms with Gasteiger partial charge in [-0.1, -0.05) is 6.08 Å². The van der Waals surface area contributed by atoms with Crippen LogP contribution in [0.2, 0.25) is 0 Å². The van der Waals surface area contributed by atoms with E-state index in [2.05, 4.69) is 11.3 Å². The molecule has 0 N–H and O–H groups in total. The summed E-state index contributed by atoms with van der Waals surface area (Å²) in [5.74, 6) is -0.341. The molecule has 12 heavy (non-hydrogen) atoms. The maximum Gasteiger partial charge on any atom is 0.330 e. The molecule has 3 nitrogen and oxygen atoms in total. The summed E-state index contributed by atoms with van der Waals surface area (Å²) in [6, 6.07) is 0. The number of hydrogen-bond acceptors (Lipinski definition) is 3. The molecule has 0 aromatic rings. The Morgan fingerprint density at radius 2 is 2.42 bits per heavy atom. The van der Waals surface area contributed by atoms with Gasteiger partial charge < -0.3 is 9.47 Å². The lowest BCUT2D eigenvalue weighted by atomic mass is 9.98. The smallest absolute Gasteiger partial charge is 0.330 e. The zero-order valence-corrected chi connectivity index (χ0v) is 7.24. The highest BCUT2D eigenvalue weighted by molar-refractivity contribution is 5.83. The summed E-state index contributed by atoms with van der Waals surface area (Å²) < 4.78 is 9.74. The number of carbonyl (C=O) groups excluding carboxylic acids is 1. The third kappa shape index (κ3) is 1.56. The number of ether oxygens (including phenoxy) is 2. The summed E-state index contributed by atoms with van der Waals surface area (Å²) >= 11 is 0. The van der Waals surface area contributed by atoms with Crippen molar-refractivity contribution < 1.29 is 14.3 Å². The Morgan fingerprint density at radius 3 is 2.83 bits per heavy atom. The summed E-state index contributed by atoms with van der Waals surface area (Å²) in [6.45, 7) is 5.47. The fraction of sp³-hybridized carbons (Fsp3) is 0.444. The second-order valence-electron chi connectivity index (χ2n) is 2.60. The Bertz CT molecular complexity index is 230. The quantitative estimate of drug-likeness (QED) is 0.351. The molecule has 0 aromatic carbocycles. The Labute approximate surface area is 71.7 Å². The average Bonchev–Trinajstić information content (AvgIpc) is 2.09. The predicted octanol–water partition coefficient (Wildman–Crippen LogP) is 1.06. The number of hydrogen-bond donors (Lipinski definition) is 0. The number of methoxy groups -OCH3 is 1. The maximum absolute atomic E-state index is 10.8. The van der Waals surface area contributed by atoms with Gasteiger partial charge in [-0.2, -0.15) is 0 Å². The first-order chi connectivity index (χ1) is 5.69. The third-order valence-corrected chi connectivity index (χ3v) is 1.85. The third-order valence-electron chi connectivity index (χ3n) is 1.85. The van der Waals surface area contributed by atoms with E-state index in [0.29, 0.717) is 0 Å². The molecule has 66 valence electrons. The summed E-state index contributed by atoms with van der Waals surface area (Å²) in [6.07, 6.45) is 3.01. The Morgan fingerprint density at radius 1 is 1.75 bits per heavy atom. The monoisotopic (exact) mass is 168 g/mol. The van der Waals surface area contributed by atoms with Gasteiger partial charge in [0.1, 0.15) is 6.10 Å². The van der Waals surface area contributed by atoms with Gasteiger partial charge in [-0.05, 0) is 12.5 Å². The van der Waals surface area contributed by atoms with Crippen molar-refractivity contribution in [1.82, 2.24) is 0 Å². The second-order valence-corrected chi connectivity index (χ2v) is 2.60. The minimum absolute atomic E-state index is 0.00657. The van der Waals surface area contributed by atoms with Gasteiger partial charge in [0, 0.05) is 6.08 Å². The van der Waals surface area contributed by atoms with Crippen LogP contribution in [0, 0.1) is 0 Å². The molecule has 1 fully saturated rings. The molecule has 0 aromatic heterocycles. The van der Waals surface area contributed by atoms with Gasteiger partial charge in [-0.3, -0.25) is 0 Å². The van der Waals surface area contributed by atoms with Crippen LogP contribution in [0.5, 0.6) is 0 Å². The van der Waals surface area contributed by atoms with E-state index in [0.717, 1.165) is 5.57 Å². The van der Waals surface area contributed by atoms with E-state index in [1.807, 2.05) is 6.92 Å². The van der Waals surface area contributed by atoms with E-state index in [1.54, 1.807) is 6.08 Å². The molecule has 0 unspecified atom stereocenters. The highest BCUT2D eigenvalue weighted by atomic mass is 16.5.